The summed E-state index contributed by atoms with van der Waals surface area (Å²) in [6.45, 7) is 5.27. The SMILES string of the molecule is CC1=C(F)CC=CC(C2CCC(F)CC2)C1C(=O)OC(C)C. The number of hydrogen-bond donors (Lipinski definition) is 0. The molecule has 2 rings (SSSR count). The summed E-state index contributed by atoms with van der Waals surface area (Å²) >= 11 is 0. The monoisotopic (exact) mass is 312 g/mol. The van der Waals surface area contributed by atoms with Gasteiger partial charge in [0.05, 0.1) is 12.0 Å². The number of hydrogen-bond acceptors (Lipinski definition) is 2. The molecule has 0 aromatic heterocycles. The van der Waals surface area contributed by atoms with Crippen LogP contribution in [0.25, 0.3) is 0 Å². The Morgan fingerprint density at radius 2 is 1.91 bits per heavy atom. The molecule has 2 unspecified atom stereocenters. The maximum Gasteiger partial charge on any atom is 0.314 e. The molecule has 1 fully saturated rings. The fourth-order valence-corrected chi connectivity index (χ4v) is 3.59. The van der Waals surface area contributed by atoms with E-state index in [1.807, 2.05) is 6.08 Å². The maximum atomic E-state index is 14.1. The van der Waals surface area contributed by atoms with Crippen molar-refractivity contribution in [2.24, 2.45) is 17.8 Å². The first-order valence-corrected chi connectivity index (χ1v) is 8.26. The van der Waals surface area contributed by atoms with Crippen LogP contribution in [0.15, 0.2) is 23.6 Å². The fourth-order valence-electron chi connectivity index (χ4n) is 3.59. The second-order valence-electron chi connectivity index (χ2n) is 6.77. The standard InChI is InChI=1S/C18H26F2O2/c1-11(2)22-18(21)17-12(3)16(20)6-4-5-15(17)13-7-9-14(19)10-8-13/h4-5,11,13-15,17H,6-10H2,1-3H3. The summed E-state index contributed by atoms with van der Waals surface area (Å²) in [6, 6.07) is 0. The van der Waals surface area contributed by atoms with Gasteiger partial charge < -0.3 is 4.74 Å². The largest absolute Gasteiger partial charge is 0.462 e. The molecule has 0 bridgehead atoms. The van der Waals surface area contributed by atoms with Gasteiger partial charge in [-0.1, -0.05) is 12.2 Å². The summed E-state index contributed by atoms with van der Waals surface area (Å²) < 4.78 is 32.9. The zero-order valence-corrected chi connectivity index (χ0v) is 13.6. The quantitative estimate of drug-likeness (QED) is 0.547. The lowest BCUT2D eigenvalue weighted by Gasteiger charge is -2.34. The molecule has 4 heteroatoms. The Balaban J connectivity index is 2.25. The van der Waals surface area contributed by atoms with Crippen molar-refractivity contribution in [2.75, 3.05) is 0 Å². The number of ether oxygens (including phenoxy) is 1. The van der Waals surface area contributed by atoms with Crippen molar-refractivity contribution in [3.63, 3.8) is 0 Å². The number of rotatable bonds is 3. The van der Waals surface area contributed by atoms with Crippen LogP contribution in [0, 0.1) is 17.8 Å². The van der Waals surface area contributed by atoms with Gasteiger partial charge in [0.25, 0.3) is 0 Å². The predicted molar refractivity (Wildman–Crippen MR) is 82.6 cm³/mol. The first kappa shape index (κ1) is 17.2. The molecule has 0 spiro atoms. The molecule has 0 radical (unpaired) electrons. The van der Waals surface area contributed by atoms with Crippen LogP contribution >= 0.6 is 0 Å². The molecule has 124 valence electrons. The third-order valence-corrected chi connectivity index (χ3v) is 4.79. The van der Waals surface area contributed by atoms with Gasteiger partial charge in [-0.05, 0) is 63.9 Å². The smallest absolute Gasteiger partial charge is 0.314 e. The molecule has 0 amide bonds. The van der Waals surface area contributed by atoms with Crippen LogP contribution in [0.5, 0.6) is 0 Å². The van der Waals surface area contributed by atoms with Crippen LogP contribution in [-0.4, -0.2) is 18.2 Å². The van der Waals surface area contributed by atoms with Crippen LogP contribution in [0.3, 0.4) is 0 Å². The van der Waals surface area contributed by atoms with Gasteiger partial charge in [-0.3, -0.25) is 4.79 Å². The summed E-state index contributed by atoms with van der Waals surface area (Å²) in [4.78, 5) is 12.5. The van der Waals surface area contributed by atoms with Gasteiger partial charge in [0.15, 0.2) is 0 Å². The highest BCUT2D eigenvalue weighted by molar-refractivity contribution is 5.77. The van der Waals surface area contributed by atoms with Gasteiger partial charge in [-0.2, -0.15) is 0 Å². The van der Waals surface area contributed by atoms with E-state index in [0.29, 0.717) is 18.4 Å². The molecular weight excluding hydrogens is 286 g/mol. The molecule has 0 heterocycles. The average Bonchev–Trinajstić information content (AvgIpc) is 2.59. The predicted octanol–water partition coefficient (Wildman–Crippen LogP) is 4.90. The molecule has 2 atom stereocenters. The molecule has 0 aliphatic heterocycles. The lowest BCUT2D eigenvalue weighted by atomic mass is 9.72. The minimum atomic E-state index is -0.736. The van der Waals surface area contributed by atoms with Crippen molar-refractivity contribution in [1.29, 1.82) is 0 Å². The van der Waals surface area contributed by atoms with Crippen molar-refractivity contribution in [2.45, 2.75) is 65.2 Å². The molecule has 2 nitrogen and oxygen atoms in total. The van der Waals surface area contributed by atoms with Crippen LogP contribution in [0.1, 0.15) is 52.9 Å². The average molecular weight is 312 g/mol. The number of allylic oxidation sites excluding steroid dienone is 3. The highest BCUT2D eigenvalue weighted by Gasteiger charge is 2.39. The van der Waals surface area contributed by atoms with Gasteiger partial charge in [-0.15, -0.1) is 0 Å². The molecule has 0 aromatic carbocycles. The summed E-state index contributed by atoms with van der Waals surface area (Å²) in [7, 11) is 0. The van der Waals surface area contributed by atoms with Crippen molar-refractivity contribution >= 4 is 5.97 Å². The molecule has 0 aromatic rings. The van der Waals surface area contributed by atoms with Crippen LogP contribution < -0.4 is 0 Å². The molecule has 0 N–H and O–H groups in total. The maximum absolute atomic E-state index is 14.1. The van der Waals surface area contributed by atoms with Gasteiger partial charge in [0.1, 0.15) is 12.0 Å². The second kappa shape index (κ2) is 7.38. The Morgan fingerprint density at radius 3 is 2.50 bits per heavy atom. The minimum absolute atomic E-state index is 0.0907. The summed E-state index contributed by atoms with van der Waals surface area (Å²) in [6.07, 6.45) is 5.58. The molecular formula is C18H26F2O2. The summed E-state index contributed by atoms with van der Waals surface area (Å²) in [5.41, 5.74) is 0.475. The molecule has 1 saturated carbocycles. The topological polar surface area (TPSA) is 26.3 Å². The van der Waals surface area contributed by atoms with E-state index in [0.717, 1.165) is 12.8 Å². The van der Waals surface area contributed by atoms with Gasteiger partial charge in [-0.25, -0.2) is 8.78 Å². The summed E-state index contributed by atoms with van der Waals surface area (Å²) in [5, 5.41) is 0. The third kappa shape index (κ3) is 3.96. The Hall–Kier alpha value is -1.19. The van der Waals surface area contributed by atoms with Crippen LogP contribution in [-0.2, 0) is 9.53 Å². The Kier molecular flexibility index (Phi) is 5.76. The first-order valence-electron chi connectivity index (χ1n) is 8.26. The normalized spacial score (nSPS) is 33.0. The molecule has 0 saturated heterocycles. The lowest BCUT2D eigenvalue weighted by molar-refractivity contribution is -0.153. The van der Waals surface area contributed by atoms with Crippen LogP contribution in [0.4, 0.5) is 8.78 Å². The zero-order valence-electron chi connectivity index (χ0n) is 13.6. The van der Waals surface area contributed by atoms with Crippen molar-refractivity contribution in [3.8, 4) is 0 Å². The number of carbonyl (C=O) groups is 1. The second-order valence-corrected chi connectivity index (χ2v) is 6.77. The first-order chi connectivity index (χ1) is 10.4. The van der Waals surface area contributed by atoms with E-state index in [4.69, 9.17) is 4.74 Å². The van der Waals surface area contributed by atoms with E-state index in [9.17, 15) is 13.6 Å². The Bertz CT molecular complexity index is 460. The number of esters is 1. The highest BCUT2D eigenvalue weighted by Crippen LogP contribution is 2.41. The molecule has 22 heavy (non-hydrogen) atoms. The van der Waals surface area contributed by atoms with E-state index in [1.54, 1.807) is 26.8 Å². The van der Waals surface area contributed by atoms with Crippen molar-refractivity contribution in [1.82, 2.24) is 0 Å². The summed E-state index contributed by atoms with van der Waals surface area (Å²) in [5.74, 6) is -1.06. The van der Waals surface area contributed by atoms with E-state index < -0.39 is 12.1 Å². The minimum Gasteiger partial charge on any atom is -0.462 e. The molecule has 2 aliphatic carbocycles. The van der Waals surface area contributed by atoms with Crippen molar-refractivity contribution < 1.29 is 18.3 Å². The van der Waals surface area contributed by atoms with E-state index >= 15 is 0 Å². The van der Waals surface area contributed by atoms with Crippen LogP contribution in [0.2, 0.25) is 0 Å². The van der Waals surface area contributed by atoms with Gasteiger partial charge in [0, 0.05) is 6.42 Å². The Morgan fingerprint density at radius 1 is 1.27 bits per heavy atom. The van der Waals surface area contributed by atoms with E-state index in [1.165, 1.54) is 0 Å². The van der Waals surface area contributed by atoms with Gasteiger partial charge >= 0.3 is 5.97 Å². The third-order valence-electron chi connectivity index (χ3n) is 4.79. The van der Waals surface area contributed by atoms with Crippen molar-refractivity contribution in [3.05, 3.63) is 23.6 Å². The Labute approximate surface area is 131 Å². The number of halogens is 2. The molecule has 2 aliphatic rings. The van der Waals surface area contributed by atoms with E-state index in [-0.39, 0.29) is 36.2 Å². The highest BCUT2D eigenvalue weighted by atomic mass is 19.1. The number of carbonyl (C=O) groups excluding carboxylic acids is 1. The zero-order chi connectivity index (χ0) is 16.3. The van der Waals surface area contributed by atoms with E-state index in [2.05, 4.69) is 0 Å². The number of alkyl halides is 1. The lowest BCUT2D eigenvalue weighted by Crippen LogP contribution is -2.34. The fraction of sp³-hybridized carbons (Fsp3) is 0.722. The van der Waals surface area contributed by atoms with Gasteiger partial charge in [0.2, 0.25) is 0 Å².